The molecule has 0 saturated heterocycles. The molecule has 0 aliphatic heterocycles. The van der Waals surface area contributed by atoms with Crippen LogP contribution < -0.4 is 4.74 Å². The smallest absolute Gasteiger partial charge is 0.330 e. The number of aryl methyl sites for hydroxylation is 1. The summed E-state index contributed by atoms with van der Waals surface area (Å²) in [7, 11) is 1.36. The van der Waals surface area contributed by atoms with E-state index in [1.807, 2.05) is 24.3 Å². The monoisotopic (exact) mass is 282 g/mol. The fourth-order valence-electron chi connectivity index (χ4n) is 1.76. The summed E-state index contributed by atoms with van der Waals surface area (Å²) < 4.78 is 10.3. The van der Waals surface area contributed by atoms with Gasteiger partial charge in [-0.3, -0.25) is 0 Å². The number of hydrogen-bond donors (Lipinski definition) is 0. The number of ether oxygens (including phenoxy) is 2. The summed E-state index contributed by atoms with van der Waals surface area (Å²) in [5, 5.41) is 0. The molecule has 0 radical (unpaired) electrons. The van der Waals surface area contributed by atoms with Crippen LogP contribution in [0, 0.1) is 6.92 Å². The second kappa shape index (κ2) is 7.29. The van der Waals surface area contributed by atoms with Crippen molar-refractivity contribution in [3.63, 3.8) is 0 Å². The Morgan fingerprint density at radius 3 is 2.33 bits per heavy atom. The second-order valence-corrected chi connectivity index (χ2v) is 4.70. The molecule has 0 N–H and O–H groups in total. The molecule has 0 bridgehead atoms. The van der Waals surface area contributed by atoms with Gasteiger partial charge in [0.25, 0.3) is 0 Å². The average Bonchev–Trinajstić information content (AvgIpc) is 2.53. The molecule has 0 spiro atoms. The number of carbonyl (C=O) groups excluding carboxylic acids is 1. The van der Waals surface area contributed by atoms with Crippen molar-refractivity contribution in [1.29, 1.82) is 0 Å². The molecule has 0 aliphatic rings. The standard InChI is InChI=1S/C18H18O3/c1-14-3-5-16(6-4-14)13-21-17-10-7-15(8-11-17)9-12-18(19)20-2/h3-12H,13H2,1-2H3/b12-9+. The molecule has 0 heterocycles. The summed E-state index contributed by atoms with van der Waals surface area (Å²) >= 11 is 0. The molecule has 2 aromatic carbocycles. The minimum absolute atomic E-state index is 0.366. The van der Waals surface area contributed by atoms with Gasteiger partial charge in [0, 0.05) is 6.08 Å². The normalized spacial score (nSPS) is 10.6. The van der Waals surface area contributed by atoms with Crippen molar-refractivity contribution in [3.05, 3.63) is 71.3 Å². The van der Waals surface area contributed by atoms with Crippen molar-refractivity contribution < 1.29 is 14.3 Å². The van der Waals surface area contributed by atoms with Crippen molar-refractivity contribution >= 4 is 12.0 Å². The Morgan fingerprint density at radius 2 is 1.71 bits per heavy atom. The summed E-state index contributed by atoms with van der Waals surface area (Å²) in [5.41, 5.74) is 3.29. The Labute approximate surface area is 124 Å². The van der Waals surface area contributed by atoms with Gasteiger partial charge >= 0.3 is 5.97 Å². The highest BCUT2D eigenvalue weighted by molar-refractivity contribution is 5.86. The lowest BCUT2D eigenvalue weighted by atomic mass is 10.2. The van der Waals surface area contributed by atoms with Gasteiger partial charge in [0.1, 0.15) is 12.4 Å². The van der Waals surface area contributed by atoms with Crippen molar-refractivity contribution in [2.75, 3.05) is 7.11 Å². The molecule has 0 aliphatic carbocycles. The first-order valence-electron chi connectivity index (χ1n) is 6.72. The van der Waals surface area contributed by atoms with Crippen LogP contribution in [0.5, 0.6) is 5.75 Å². The number of esters is 1. The van der Waals surface area contributed by atoms with Crippen LogP contribution in [0.1, 0.15) is 16.7 Å². The van der Waals surface area contributed by atoms with E-state index < -0.39 is 0 Å². The van der Waals surface area contributed by atoms with E-state index in [0.29, 0.717) is 6.61 Å². The summed E-state index contributed by atoms with van der Waals surface area (Å²) in [5.74, 6) is 0.431. The van der Waals surface area contributed by atoms with Gasteiger partial charge in [-0.2, -0.15) is 0 Å². The number of carbonyl (C=O) groups is 1. The molecule has 0 aromatic heterocycles. The summed E-state index contributed by atoms with van der Waals surface area (Å²) in [6.45, 7) is 2.60. The predicted molar refractivity (Wildman–Crippen MR) is 83.0 cm³/mol. The van der Waals surface area contributed by atoms with E-state index in [9.17, 15) is 4.79 Å². The van der Waals surface area contributed by atoms with Crippen LogP contribution in [0.15, 0.2) is 54.6 Å². The van der Waals surface area contributed by atoms with E-state index >= 15 is 0 Å². The molecule has 3 heteroatoms. The van der Waals surface area contributed by atoms with Crippen LogP contribution in [0.4, 0.5) is 0 Å². The zero-order valence-corrected chi connectivity index (χ0v) is 12.2. The minimum atomic E-state index is -0.366. The molecule has 2 aromatic rings. The molecule has 0 atom stereocenters. The van der Waals surface area contributed by atoms with Gasteiger partial charge in [-0.15, -0.1) is 0 Å². The number of benzene rings is 2. The van der Waals surface area contributed by atoms with Crippen molar-refractivity contribution in [2.45, 2.75) is 13.5 Å². The fraction of sp³-hybridized carbons (Fsp3) is 0.167. The highest BCUT2D eigenvalue weighted by atomic mass is 16.5. The Kier molecular flexibility index (Phi) is 5.16. The number of methoxy groups -OCH3 is 1. The zero-order valence-electron chi connectivity index (χ0n) is 12.2. The Balaban J connectivity index is 1.91. The Morgan fingerprint density at radius 1 is 1.05 bits per heavy atom. The first kappa shape index (κ1) is 14.9. The van der Waals surface area contributed by atoms with Gasteiger partial charge in [-0.1, -0.05) is 42.0 Å². The second-order valence-electron chi connectivity index (χ2n) is 4.70. The maximum atomic E-state index is 11.0. The molecular weight excluding hydrogens is 264 g/mol. The van der Waals surface area contributed by atoms with Crippen molar-refractivity contribution in [1.82, 2.24) is 0 Å². The van der Waals surface area contributed by atoms with Gasteiger partial charge in [-0.25, -0.2) is 4.79 Å². The molecule has 0 unspecified atom stereocenters. The molecule has 21 heavy (non-hydrogen) atoms. The van der Waals surface area contributed by atoms with Crippen LogP contribution >= 0.6 is 0 Å². The molecule has 108 valence electrons. The summed E-state index contributed by atoms with van der Waals surface area (Å²) in [6, 6.07) is 15.8. The van der Waals surface area contributed by atoms with Crippen LogP contribution in [0.25, 0.3) is 6.08 Å². The Hall–Kier alpha value is -2.55. The zero-order chi connectivity index (χ0) is 15.1. The van der Waals surface area contributed by atoms with Crippen LogP contribution in [-0.4, -0.2) is 13.1 Å². The third kappa shape index (κ3) is 4.80. The SMILES string of the molecule is COC(=O)/C=C/c1ccc(OCc2ccc(C)cc2)cc1. The molecule has 0 fully saturated rings. The molecule has 3 nitrogen and oxygen atoms in total. The van der Waals surface area contributed by atoms with Gasteiger partial charge in [0.15, 0.2) is 0 Å². The minimum Gasteiger partial charge on any atom is -0.489 e. The van der Waals surface area contributed by atoms with E-state index in [-0.39, 0.29) is 5.97 Å². The Bertz CT molecular complexity index is 610. The van der Waals surface area contributed by atoms with Crippen molar-refractivity contribution in [2.24, 2.45) is 0 Å². The van der Waals surface area contributed by atoms with E-state index in [1.54, 1.807) is 6.08 Å². The van der Waals surface area contributed by atoms with E-state index in [4.69, 9.17) is 4.74 Å². The first-order valence-corrected chi connectivity index (χ1v) is 6.72. The predicted octanol–water partition coefficient (Wildman–Crippen LogP) is 3.76. The van der Waals surface area contributed by atoms with E-state index in [0.717, 1.165) is 16.9 Å². The maximum Gasteiger partial charge on any atom is 0.330 e. The summed E-state index contributed by atoms with van der Waals surface area (Å²) in [6.07, 6.45) is 3.09. The topological polar surface area (TPSA) is 35.5 Å². The summed E-state index contributed by atoms with van der Waals surface area (Å²) in [4.78, 5) is 11.0. The molecule has 0 amide bonds. The highest BCUT2D eigenvalue weighted by Crippen LogP contribution is 2.15. The van der Waals surface area contributed by atoms with Crippen LogP contribution in [0.3, 0.4) is 0 Å². The lowest BCUT2D eigenvalue weighted by molar-refractivity contribution is -0.134. The lowest BCUT2D eigenvalue weighted by Crippen LogP contribution is -1.95. The number of rotatable bonds is 5. The molecular formula is C18H18O3. The van der Waals surface area contributed by atoms with E-state index in [2.05, 4.69) is 35.9 Å². The van der Waals surface area contributed by atoms with Gasteiger partial charge in [0.05, 0.1) is 7.11 Å². The molecule has 2 rings (SSSR count). The average molecular weight is 282 g/mol. The van der Waals surface area contributed by atoms with Crippen LogP contribution in [0.2, 0.25) is 0 Å². The number of hydrogen-bond acceptors (Lipinski definition) is 3. The quantitative estimate of drug-likeness (QED) is 0.618. The third-order valence-corrected chi connectivity index (χ3v) is 3.02. The third-order valence-electron chi connectivity index (χ3n) is 3.02. The highest BCUT2D eigenvalue weighted by Gasteiger charge is 1.97. The first-order chi connectivity index (χ1) is 10.2. The fourth-order valence-corrected chi connectivity index (χ4v) is 1.76. The van der Waals surface area contributed by atoms with Crippen molar-refractivity contribution in [3.8, 4) is 5.75 Å². The van der Waals surface area contributed by atoms with Crippen LogP contribution in [-0.2, 0) is 16.1 Å². The van der Waals surface area contributed by atoms with Gasteiger partial charge in [0.2, 0.25) is 0 Å². The molecule has 0 saturated carbocycles. The van der Waals surface area contributed by atoms with E-state index in [1.165, 1.54) is 18.7 Å². The largest absolute Gasteiger partial charge is 0.489 e. The maximum absolute atomic E-state index is 11.0. The lowest BCUT2D eigenvalue weighted by Gasteiger charge is -2.06. The van der Waals surface area contributed by atoms with Gasteiger partial charge < -0.3 is 9.47 Å². The van der Waals surface area contributed by atoms with Gasteiger partial charge in [-0.05, 0) is 36.3 Å².